The molecule has 2 N–H and O–H groups in total. The van der Waals surface area contributed by atoms with Crippen LogP contribution in [0.15, 0.2) is 127 Å². The van der Waals surface area contributed by atoms with Crippen LogP contribution in [-0.2, 0) is 10.2 Å². The third-order valence-electron chi connectivity index (χ3n) is 5.40. The first kappa shape index (κ1) is 19.4. The van der Waals surface area contributed by atoms with Gasteiger partial charge >= 0.3 is 0 Å². The summed E-state index contributed by atoms with van der Waals surface area (Å²) in [6, 6.07) is 40.3. The van der Waals surface area contributed by atoms with E-state index in [9.17, 15) is 4.79 Å². The number of hydrogen-bond acceptors (Lipinski definition) is 1. The Morgan fingerprint density at radius 3 is 1.23 bits per heavy atom. The molecule has 2 nitrogen and oxygen atoms in total. The van der Waals surface area contributed by atoms with E-state index < -0.39 is 11.3 Å². The zero-order valence-corrected chi connectivity index (χ0v) is 16.6. The second kappa shape index (κ2) is 8.62. The van der Waals surface area contributed by atoms with Gasteiger partial charge in [0.05, 0.1) is 5.41 Å². The topological polar surface area (TPSA) is 43.1 Å². The summed E-state index contributed by atoms with van der Waals surface area (Å²) in [5.41, 5.74) is 9.72. The number of carbonyl (C=O) groups is 1. The van der Waals surface area contributed by atoms with Crippen molar-refractivity contribution in [3.05, 3.63) is 150 Å². The van der Waals surface area contributed by atoms with Crippen LogP contribution >= 0.6 is 0 Å². The largest absolute Gasteiger partial charge is 0.366 e. The molecule has 146 valence electrons. The van der Waals surface area contributed by atoms with Crippen molar-refractivity contribution in [2.75, 3.05) is 0 Å². The number of rotatable bonds is 6. The van der Waals surface area contributed by atoms with E-state index in [0.717, 1.165) is 22.3 Å². The predicted octanol–water partition coefficient (Wildman–Crippen LogP) is 5.59. The Labute approximate surface area is 177 Å². The van der Waals surface area contributed by atoms with Crippen LogP contribution in [0.2, 0.25) is 0 Å². The SMILES string of the molecule is NC(=O)C(=CC(c1ccccc1)(c1ccccc1)c1ccccc1)c1ccccc1. The zero-order valence-electron chi connectivity index (χ0n) is 16.6. The maximum Gasteiger partial charge on any atom is 0.249 e. The normalized spacial score (nSPS) is 11.8. The van der Waals surface area contributed by atoms with Crippen molar-refractivity contribution in [3.8, 4) is 0 Å². The van der Waals surface area contributed by atoms with Crippen LogP contribution in [-0.4, -0.2) is 5.91 Å². The average molecular weight is 389 g/mol. The average Bonchev–Trinajstić information content (AvgIpc) is 2.82. The minimum Gasteiger partial charge on any atom is -0.366 e. The van der Waals surface area contributed by atoms with Gasteiger partial charge in [0.2, 0.25) is 5.91 Å². The maximum atomic E-state index is 12.6. The summed E-state index contributed by atoms with van der Waals surface area (Å²) in [5, 5.41) is 0. The molecule has 2 heteroatoms. The standard InChI is InChI=1S/C28H23NO/c29-27(30)26(22-13-5-1-6-14-22)21-28(23-15-7-2-8-16-23,24-17-9-3-10-18-24)25-19-11-4-12-20-25/h1-21H,(H2,29,30). The van der Waals surface area contributed by atoms with Crippen LogP contribution in [0.1, 0.15) is 22.3 Å². The van der Waals surface area contributed by atoms with Gasteiger partial charge in [-0.05, 0) is 22.3 Å². The van der Waals surface area contributed by atoms with Crippen molar-refractivity contribution in [1.82, 2.24) is 0 Å². The third-order valence-corrected chi connectivity index (χ3v) is 5.40. The van der Waals surface area contributed by atoms with Crippen LogP contribution in [0.25, 0.3) is 5.57 Å². The van der Waals surface area contributed by atoms with E-state index in [1.54, 1.807) is 0 Å². The molecule has 0 fully saturated rings. The lowest BCUT2D eigenvalue weighted by Gasteiger charge is -2.34. The first-order valence-corrected chi connectivity index (χ1v) is 9.96. The first-order valence-electron chi connectivity index (χ1n) is 9.96. The van der Waals surface area contributed by atoms with Crippen molar-refractivity contribution < 1.29 is 4.79 Å². The molecule has 0 saturated heterocycles. The highest BCUT2D eigenvalue weighted by atomic mass is 16.1. The molecule has 0 unspecified atom stereocenters. The smallest absolute Gasteiger partial charge is 0.249 e. The van der Waals surface area contributed by atoms with E-state index in [1.165, 1.54) is 0 Å². The molecule has 0 spiro atoms. The molecular formula is C28H23NO. The van der Waals surface area contributed by atoms with Crippen molar-refractivity contribution in [2.45, 2.75) is 5.41 Å². The molecule has 0 aliphatic carbocycles. The van der Waals surface area contributed by atoms with Crippen LogP contribution in [0.4, 0.5) is 0 Å². The van der Waals surface area contributed by atoms with Crippen LogP contribution in [0.3, 0.4) is 0 Å². The molecule has 0 atom stereocenters. The molecule has 0 bridgehead atoms. The number of hydrogen-bond donors (Lipinski definition) is 1. The second-order valence-electron chi connectivity index (χ2n) is 7.19. The summed E-state index contributed by atoms with van der Waals surface area (Å²) >= 11 is 0. The Balaban J connectivity index is 2.11. The van der Waals surface area contributed by atoms with Gasteiger partial charge in [0.25, 0.3) is 0 Å². The number of primary amides is 1. The fourth-order valence-corrected chi connectivity index (χ4v) is 3.98. The summed E-state index contributed by atoms with van der Waals surface area (Å²) in [7, 11) is 0. The number of carbonyl (C=O) groups excluding carboxylic acids is 1. The minimum absolute atomic E-state index is 0.451. The van der Waals surface area contributed by atoms with Gasteiger partial charge in [-0.2, -0.15) is 0 Å². The summed E-state index contributed by atoms with van der Waals surface area (Å²) < 4.78 is 0. The zero-order chi connectivity index (χ0) is 20.8. The number of allylic oxidation sites excluding steroid dienone is 1. The summed E-state index contributed by atoms with van der Waals surface area (Å²) in [4.78, 5) is 12.6. The fraction of sp³-hybridized carbons (Fsp3) is 0.0357. The molecule has 0 saturated carbocycles. The monoisotopic (exact) mass is 389 g/mol. The van der Waals surface area contributed by atoms with Crippen molar-refractivity contribution >= 4 is 11.5 Å². The van der Waals surface area contributed by atoms with Crippen LogP contribution in [0.5, 0.6) is 0 Å². The lowest BCUT2D eigenvalue weighted by Crippen LogP contribution is -2.29. The molecule has 4 aromatic carbocycles. The lowest BCUT2D eigenvalue weighted by molar-refractivity contribution is -0.112. The molecule has 1 amide bonds. The molecule has 0 aliphatic heterocycles. The molecule has 0 aliphatic rings. The van der Waals surface area contributed by atoms with Gasteiger partial charge in [-0.1, -0.05) is 127 Å². The highest BCUT2D eigenvalue weighted by molar-refractivity contribution is 6.19. The highest BCUT2D eigenvalue weighted by Crippen LogP contribution is 2.42. The molecule has 4 rings (SSSR count). The second-order valence-corrected chi connectivity index (χ2v) is 7.19. The van der Waals surface area contributed by atoms with Gasteiger partial charge in [-0.15, -0.1) is 0 Å². The Bertz CT molecular complexity index is 1040. The van der Waals surface area contributed by atoms with E-state index in [2.05, 4.69) is 36.4 Å². The lowest BCUT2D eigenvalue weighted by atomic mass is 9.68. The van der Waals surface area contributed by atoms with Gasteiger partial charge in [-0.3, -0.25) is 4.79 Å². The van der Waals surface area contributed by atoms with Crippen molar-refractivity contribution in [1.29, 1.82) is 0 Å². The van der Waals surface area contributed by atoms with Gasteiger partial charge in [0, 0.05) is 5.57 Å². The minimum atomic E-state index is -0.677. The van der Waals surface area contributed by atoms with E-state index in [0.29, 0.717) is 5.57 Å². The number of nitrogens with two attached hydrogens (primary N) is 1. The van der Waals surface area contributed by atoms with E-state index in [1.807, 2.05) is 91.0 Å². The van der Waals surface area contributed by atoms with Gasteiger partial charge in [0.1, 0.15) is 0 Å². The number of amides is 1. The quantitative estimate of drug-likeness (QED) is 0.339. The molecule has 30 heavy (non-hydrogen) atoms. The van der Waals surface area contributed by atoms with Crippen LogP contribution < -0.4 is 5.73 Å². The summed E-state index contributed by atoms with van der Waals surface area (Å²) in [6.45, 7) is 0. The Hall–Kier alpha value is -3.91. The summed E-state index contributed by atoms with van der Waals surface area (Å²) in [6.07, 6.45) is 2.02. The van der Waals surface area contributed by atoms with Gasteiger partial charge in [0.15, 0.2) is 0 Å². The molecular weight excluding hydrogens is 366 g/mol. The van der Waals surface area contributed by atoms with Crippen molar-refractivity contribution in [3.63, 3.8) is 0 Å². The maximum absolute atomic E-state index is 12.6. The third kappa shape index (κ3) is 3.68. The molecule has 0 heterocycles. The van der Waals surface area contributed by atoms with Gasteiger partial charge in [-0.25, -0.2) is 0 Å². The predicted molar refractivity (Wildman–Crippen MR) is 123 cm³/mol. The van der Waals surface area contributed by atoms with E-state index >= 15 is 0 Å². The summed E-state index contributed by atoms with van der Waals surface area (Å²) in [5.74, 6) is -0.451. The Kier molecular flexibility index (Phi) is 5.58. The molecule has 4 aromatic rings. The number of benzene rings is 4. The Morgan fingerprint density at radius 1 is 0.567 bits per heavy atom. The fourth-order valence-electron chi connectivity index (χ4n) is 3.98. The molecule has 0 aromatic heterocycles. The van der Waals surface area contributed by atoms with E-state index in [4.69, 9.17) is 5.73 Å². The Morgan fingerprint density at radius 2 is 0.900 bits per heavy atom. The van der Waals surface area contributed by atoms with Crippen molar-refractivity contribution in [2.24, 2.45) is 5.73 Å². The van der Waals surface area contributed by atoms with Crippen LogP contribution in [0, 0.1) is 0 Å². The van der Waals surface area contributed by atoms with E-state index in [-0.39, 0.29) is 0 Å². The van der Waals surface area contributed by atoms with Gasteiger partial charge < -0.3 is 5.73 Å². The highest BCUT2D eigenvalue weighted by Gasteiger charge is 2.35. The molecule has 0 radical (unpaired) electrons. The first-order chi connectivity index (χ1) is 14.7.